The van der Waals surface area contributed by atoms with Crippen molar-refractivity contribution >= 4 is 17.5 Å². The maximum absolute atomic E-state index is 12.1. The van der Waals surface area contributed by atoms with Gasteiger partial charge in [0, 0.05) is 11.5 Å². The minimum absolute atomic E-state index is 0.0389. The molecule has 5 heteroatoms. The maximum atomic E-state index is 12.1. The van der Waals surface area contributed by atoms with Crippen LogP contribution in [0.3, 0.4) is 0 Å². The average Bonchev–Trinajstić information content (AvgIpc) is 3.06. The maximum Gasteiger partial charge on any atom is 0.407 e. The summed E-state index contributed by atoms with van der Waals surface area (Å²) in [7, 11) is 0. The first-order valence-corrected chi connectivity index (χ1v) is 9.36. The lowest BCUT2D eigenvalue weighted by Crippen LogP contribution is -2.26. The number of hydrogen-bond donors (Lipinski definition) is 3. The van der Waals surface area contributed by atoms with Gasteiger partial charge in [0.2, 0.25) is 0 Å². The Morgan fingerprint density at radius 3 is 2.24 bits per heavy atom. The van der Waals surface area contributed by atoms with E-state index in [-0.39, 0.29) is 19.1 Å². The third-order valence-corrected chi connectivity index (χ3v) is 4.98. The molecule has 0 saturated heterocycles. The van der Waals surface area contributed by atoms with E-state index < -0.39 is 6.09 Å². The van der Waals surface area contributed by atoms with E-state index in [1.807, 2.05) is 24.3 Å². The molecule has 29 heavy (non-hydrogen) atoms. The van der Waals surface area contributed by atoms with Crippen molar-refractivity contribution in [3.63, 3.8) is 0 Å². The number of ether oxygens (including phenoxy) is 1. The molecule has 1 aliphatic carbocycles. The van der Waals surface area contributed by atoms with Crippen LogP contribution >= 0.6 is 0 Å². The standard InChI is InChI=1S/C24H21N3O2/c25-22-12-11-16(14-23(22)26)6-5-13-27-24(28)29-15-21-19-9-3-1-7-17(19)18-8-2-4-10-20(18)21/h1-4,7-12,14,21H,13,15,25-26H2,(H,27,28). The Kier molecular flexibility index (Phi) is 5.08. The SMILES string of the molecule is Nc1ccc(C#CCNC(=O)OCC2c3ccccc3-c3ccccc32)cc1N. The highest BCUT2D eigenvalue weighted by molar-refractivity contribution is 5.79. The van der Waals surface area contributed by atoms with E-state index in [4.69, 9.17) is 16.2 Å². The van der Waals surface area contributed by atoms with Crippen molar-refractivity contribution in [3.05, 3.63) is 83.4 Å². The summed E-state index contributed by atoms with van der Waals surface area (Å²) >= 11 is 0. The number of nitrogens with one attached hydrogen (secondary N) is 1. The largest absolute Gasteiger partial charge is 0.449 e. The van der Waals surface area contributed by atoms with E-state index in [1.54, 1.807) is 18.2 Å². The van der Waals surface area contributed by atoms with Gasteiger partial charge >= 0.3 is 6.09 Å². The third kappa shape index (κ3) is 3.87. The second-order valence-electron chi connectivity index (χ2n) is 6.82. The van der Waals surface area contributed by atoms with E-state index in [2.05, 4.69) is 41.4 Å². The van der Waals surface area contributed by atoms with Gasteiger partial charge in [-0.1, -0.05) is 60.4 Å². The van der Waals surface area contributed by atoms with Crippen molar-refractivity contribution in [1.29, 1.82) is 0 Å². The van der Waals surface area contributed by atoms with Crippen LogP contribution in [0.1, 0.15) is 22.6 Å². The fraction of sp³-hybridized carbons (Fsp3) is 0.125. The molecule has 5 N–H and O–H groups in total. The van der Waals surface area contributed by atoms with Gasteiger partial charge in [0.05, 0.1) is 17.9 Å². The monoisotopic (exact) mass is 383 g/mol. The van der Waals surface area contributed by atoms with Gasteiger partial charge in [-0.25, -0.2) is 4.79 Å². The van der Waals surface area contributed by atoms with E-state index in [0.717, 1.165) is 5.56 Å². The number of nitrogens with two attached hydrogens (primary N) is 2. The summed E-state index contributed by atoms with van der Waals surface area (Å²) in [6.45, 7) is 0.461. The van der Waals surface area contributed by atoms with Crippen molar-refractivity contribution in [2.75, 3.05) is 24.6 Å². The number of rotatable bonds is 3. The van der Waals surface area contributed by atoms with Crippen LogP contribution in [0.2, 0.25) is 0 Å². The molecule has 0 bridgehead atoms. The van der Waals surface area contributed by atoms with E-state index in [0.29, 0.717) is 11.4 Å². The quantitative estimate of drug-likeness (QED) is 0.475. The molecule has 0 saturated carbocycles. The molecule has 1 amide bonds. The number of alkyl carbamates (subject to hydrolysis) is 1. The number of nitrogen functional groups attached to an aromatic ring is 2. The fourth-order valence-electron chi connectivity index (χ4n) is 3.56. The van der Waals surface area contributed by atoms with Crippen LogP contribution in [0.15, 0.2) is 66.7 Å². The molecule has 0 radical (unpaired) electrons. The van der Waals surface area contributed by atoms with E-state index in [1.165, 1.54) is 22.3 Å². The lowest BCUT2D eigenvalue weighted by Gasteiger charge is -2.14. The van der Waals surface area contributed by atoms with Crippen molar-refractivity contribution < 1.29 is 9.53 Å². The van der Waals surface area contributed by atoms with Crippen LogP contribution in [-0.4, -0.2) is 19.2 Å². The summed E-state index contributed by atoms with van der Waals surface area (Å²) in [5.41, 5.74) is 18.0. The van der Waals surface area contributed by atoms with Crippen molar-refractivity contribution in [2.24, 2.45) is 0 Å². The number of carbonyl (C=O) groups is 1. The average molecular weight is 383 g/mol. The van der Waals surface area contributed by atoms with Gasteiger partial charge < -0.3 is 21.5 Å². The Morgan fingerprint density at radius 1 is 0.931 bits per heavy atom. The van der Waals surface area contributed by atoms with Crippen LogP contribution in [0, 0.1) is 11.8 Å². The molecule has 4 rings (SSSR count). The third-order valence-electron chi connectivity index (χ3n) is 4.98. The number of benzene rings is 3. The molecule has 3 aromatic carbocycles. The number of hydrogen-bond acceptors (Lipinski definition) is 4. The van der Waals surface area contributed by atoms with Crippen LogP contribution in [-0.2, 0) is 4.74 Å². The number of carbonyl (C=O) groups excluding carboxylic acids is 1. The second kappa shape index (κ2) is 7.99. The smallest absolute Gasteiger partial charge is 0.407 e. The highest BCUT2D eigenvalue weighted by Gasteiger charge is 2.28. The van der Waals surface area contributed by atoms with Gasteiger partial charge in [-0.2, -0.15) is 0 Å². The summed E-state index contributed by atoms with van der Waals surface area (Å²) in [5.74, 6) is 5.85. The lowest BCUT2D eigenvalue weighted by molar-refractivity contribution is 0.144. The van der Waals surface area contributed by atoms with Gasteiger partial charge in [-0.05, 0) is 40.5 Å². The predicted octanol–water partition coefficient (Wildman–Crippen LogP) is 3.74. The summed E-state index contributed by atoms with van der Waals surface area (Å²) in [5, 5.41) is 2.66. The van der Waals surface area contributed by atoms with E-state index in [9.17, 15) is 4.79 Å². The first-order valence-electron chi connectivity index (χ1n) is 9.36. The molecule has 0 fully saturated rings. The van der Waals surface area contributed by atoms with Crippen molar-refractivity contribution in [1.82, 2.24) is 5.32 Å². The Hall–Kier alpha value is -3.91. The Balaban J connectivity index is 1.35. The minimum atomic E-state index is -0.488. The molecule has 0 aliphatic heterocycles. The zero-order valence-corrected chi connectivity index (χ0v) is 15.8. The molecule has 1 aliphatic rings. The number of amides is 1. The van der Waals surface area contributed by atoms with Gasteiger partial charge in [0.1, 0.15) is 6.61 Å². The van der Waals surface area contributed by atoms with Gasteiger partial charge in [0.25, 0.3) is 0 Å². The summed E-state index contributed by atoms with van der Waals surface area (Å²) < 4.78 is 5.47. The summed E-state index contributed by atoms with van der Waals surface area (Å²) in [6.07, 6.45) is -0.488. The molecule has 0 spiro atoms. The lowest BCUT2D eigenvalue weighted by atomic mass is 9.98. The molecular formula is C24H21N3O2. The molecule has 0 atom stereocenters. The zero-order valence-electron chi connectivity index (χ0n) is 15.8. The van der Waals surface area contributed by atoms with Gasteiger partial charge in [-0.15, -0.1) is 0 Å². The Labute approximate surface area is 169 Å². The number of anilines is 2. The molecule has 0 aromatic heterocycles. The van der Waals surface area contributed by atoms with Crippen LogP contribution < -0.4 is 16.8 Å². The zero-order chi connectivity index (χ0) is 20.2. The minimum Gasteiger partial charge on any atom is -0.449 e. The molecule has 0 unspecified atom stereocenters. The highest BCUT2D eigenvalue weighted by atomic mass is 16.5. The summed E-state index contributed by atoms with van der Waals surface area (Å²) in [4.78, 5) is 12.1. The topological polar surface area (TPSA) is 90.4 Å². The summed E-state index contributed by atoms with van der Waals surface area (Å²) in [6, 6.07) is 21.7. The van der Waals surface area contributed by atoms with Crippen molar-refractivity contribution in [3.8, 4) is 23.0 Å². The molecule has 144 valence electrons. The molecule has 5 nitrogen and oxygen atoms in total. The molecular weight excluding hydrogens is 362 g/mol. The molecule has 3 aromatic rings. The molecule has 0 heterocycles. The first-order chi connectivity index (χ1) is 14.1. The Bertz CT molecular complexity index is 1080. The van der Waals surface area contributed by atoms with Crippen molar-refractivity contribution in [2.45, 2.75) is 5.92 Å². The number of fused-ring (bicyclic) bond motifs is 3. The highest BCUT2D eigenvalue weighted by Crippen LogP contribution is 2.44. The Morgan fingerprint density at radius 2 is 1.59 bits per heavy atom. The van der Waals surface area contributed by atoms with E-state index >= 15 is 0 Å². The fourth-order valence-corrected chi connectivity index (χ4v) is 3.56. The normalized spacial score (nSPS) is 11.7. The second-order valence-corrected chi connectivity index (χ2v) is 6.82. The predicted molar refractivity (Wildman–Crippen MR) is 115 cm³/mol. The van der Waals surface area contributed by atoms with Gasteiger partial charge in [0.15, 0.2) is 0 Å². The van der Waals surface area contributed by atoms with Crippen LogP contribution in [0.25, 0.3) is 11.1 Å². The van der Waals surface area contributed by atoms with Crippen LogP contribution in [0.4, 0.5) is 16.2 Å². The first kappa shape index (κ1) is 18.5. The van der Waals surface area contributed by atoms with Gasteiger partial charge in [-0.3, -0.25) is 0 Å². The van der Waals surface area contributed by atoms with Crippen LogP contribution in [0.5, 0.6) is 0 Å².